The summed E-state index contributed by atoms with van der Waals surface area (Å²) in [5.41, 5.74) is 1.93. The molecule has 0 unspecified atom stereocenters. The maximum absolute atomic E-state index is 12.9. The zero-order chi connectivity index (χ0) is 18.1. The lowest BCUT2D eigenvalue weighted by Gasteiger charge is -2.19. The van der Waals surface area contributed by atoms with Crippen molar-refractivity contribution in [3.63, 3.8) is 0 Å². The van der Waals surface area contributed by atoms with Gasteiger partial charge in [-0.3, -0.25) is 9.59 Å². The molecule has 0 fully saturated rings. The van der Waals surface area contributed by atoms with Crippen molar-refractivity contribution in [2.24, 2.45) is 0 Å². The molecule has 7 heteroatoms. The number of fused-ring (bicyclic) bond motifs is 1. The number of hydrogen-bond donors (Lipinski definition) is 1. The minimum atomic E-state index is -0.458. The fraction of sp³-hybridized carbons (Fsp3) is 0.333. The second kappa shape index (κ2) is 7.52. The Morgan fingerprint density at radius 3 is 2.76 bits per heavy atom. The van der Waals surface area contributed by atoms with E-state index in [-0.39, 0.29) is 16.0 Å². The van der Waals surface area contributed by atoms with E-state index in [1.807, 2.05) is 6.92 Å². The highest BCUT2D eigenvalue weighted by Gasteiger charge is 2.25. The first-order chi connectivity index (χ1) is 11.9. The van der Waals surface area contributed by atoms with E-state index in [0.717, 1.165) is 37.2 Å². The van der Waals surface area contributed by atoms with E-state index >= 15 is 0 Å². The number of rotatable bonds is 2. The SMILES string of the molecule is Cc1c(Br)c(=O)c(C(=O)Nc2cccc(Cl)c2Cl)c2n1CCCCC2. The molecule has 25 heavy (non-hydrogen) atoms. The van der Waals surface area contributed by atoms with E-state index in [2.05, 4.69) is 25.8 Å². The van der Waals surface area contributed by atoms with Crippen LogP contribution in [-0.4, -0.2) is 10.5 Å². The molecule has 2 aromatic rings. The van der Waals surface area contributed by atoms with Gasteiger partial charge in [-0.1, -0.05) is 35.7 Å². The van der Waals surface area contributed by atoms with Crippen LogP contribution in [0.4, 0.5) is 5.69 Å². The molecule has 0 bridgehead atoms. The summed E-state index contributed by atoms with van der Waals surface area (Å²) >= 11 is 15.5. The van der Waals surface area contributed by atoms with Crippen molar-refractivity contribution in [1.82, 2.24) is 4.57 Å². The molecule has 1 amide bonds. The van der Waals surface area contributed by atoms with Gasteiger partial charge in [-0.25, -0.2) is 0 Å². The van der Waals surface area contributed by atoms with Crippen molar-refractivity contribution < 1.29 is 4.79 Å². The van der Waals surface area contributed by atoms with E-state index in [1.165, 1.54) is 0 Å². The molecule has 3 rings (SSSR count). The lowest BCUT2D eigenvalue weighted by atomic mass is 10.1. The zero-order valence-electron chi connectivity index (χ0n) is 13.7. The summed E-state index contributed by atoms with van der Waals surface area (Å²) in [6.07, 6.45) is 3.77. The van der Waals surface area contributed by atoms with Crippen LogP contribution >= 0.6 is 39.1 Å². The van der Waals surface area contributed by atoms with Gasteiger partial charge in [-0.05, 0) is 54.2 Å². The average Bonchev–Trinajstić information content (AvgIpc) is 2.83. The number of nitrogens with zero attached hydrogens (tertiary/aromatic N) is 1. The molecule has 0 saturated heterocycles. The van der Waals surface area contributed by atoms with Gasteiger partial charge in [0.2, 0.25) is 5.43 Å². The summed E-state index contributed by atoms with van der Waals surface area (Å²) in [5, 5.41) is 3.34. The molecule has 0 spiro atoms. The number of amides is 1. The van der Waals surface area contributed by atoms with Crippen molar-refractivity contribution in [3.8, 4) is 0 Å². The Morgan fingerprint density at radius 2 is 2.00 bits per heavy atom. The molecular weight excluding hydrogens is 427 g/mol. The zero-order valence-corrected chi connectivity index (χ0v) is 16.8. The van der Waals surface area contributed by atoms with Crippen LogP contribution in [0.2, 0.25) is 10.0 Å². The number of halogens is 3. The third kappa shape index (κ3) is 3.50. The Balaban J connectivity index is 2.10. The Bertz CT molecular complexity index is 909. The Hall–Kier alpha value is -1.30. The normalized spacial score (nSPS) is 13.9. The third-order valence-corrected chi connectivity index (χ3v) is 6.24. The van der Waals surface area contributed by atoms with E-state index in [0.29, 0.717) is 21.6 Å². The predicted molar refractivity (Wildman–Crippen MR) is 105 cm³/mol. The minimum Gasteiger partial charge on any atom is -0.347 e. The topological polar surface area (TPSA) is 51.1 Å². The van der Waals surface area contributed by atoms with Gasteiger partial charge in [0.05, 0.1) is 20.2 Å². The molecule has 2 heterocycles. The van der Waals surface area contributed by atoms with Gasteiger partial charge in [-0.15, -0.1) is 0 Å². The van der Waals surface area contributed by atoms with Crippen molar-refractivity contribution in [1.29, 1.82) is 0 Å². The maximum atomic E-state index is 12.9. The largest absolute Gasteiger partial charge is 0.347 e. The van der Waals surface area contributed by atoms with Gasteiger partial charge in [-0.2, -0.15) is 0 Å². The first-order valence-electron chi connectivity index (χ1n) is 8.09. The lowest BCUT2D eigenvalue weighted by molar-refractivity contribution is 0.102. The van der Waals surface area contributed by atoms with Crippen LogP contribution in [-0.2, 0) is 13.0 Å². The number of carbonyl (C=O) groups excluding carboxylic acids is 1. The van der Waals surface area contributed by atoms with Crippen molar-refractivity contribution in [2.45, 2.75) is 39.2 Å². The lowest BCUT2D eigenvalue weighted by Crippen LogP contribution is -2.29. The average molecular weight is 444 g/mol. The highest BCUT2D eigenvalue weighted by Crippen LogP contribution is 2.30. The number of hydrogen-bond acceptors (Lipinski definition) is 2. The molecule has 0 radical (unpaired) electrons. The van der Waals surface area contributed by atoms with Crippen LogP contribution in [0.5, 0.6) is 0 Å². The maximum Gasteiger partial charge on any atom is 0.261 e. The number of carbonyl (C=O) groups is 1. The second-order valence-electron chi connectivity index (χ2n) is 6.07. The van der Waals surface area contributed by atoms with Gasteiger partial charge in [0, 0.05) is 17.9 Å². The van der Waals surface area contributed by atoms with Gasteiger partial charge < -0.3 is 9.88 Å². The van der Waals surface area contributed by atoms with E-state index in [9.17, 15) is 9.59 Å². The summed E-state index contributed by atoms with van der Waals surface area (Å²) in [4.78, 5) is 25.7. The Labute approximate surface area is 164 Å². The van der Waals surface area contributed by atoms with Gasteiger partial charge in [0.15, 0.2) is 0 Å². The van der Waals surface area contributed by atoms with Gasteiger partial charge >= 0.3 is 0 Å². The second-order valence-corrected chi connectivity index (χ2v) is 7.65. The van der Waals surface area contributed by atoms with E-state index < -0.39 is 5.91 Å². The molecule has 1 aromatic heterocycles. The number of pyridine rings is 1. The van der Waals surface area contributed by atoms with Gasteiger partial charge in [0.25, 0.3) is 5.91 Å². The fourth-order valence-corrected chi connectivity index (χ4v) is 3.94. The van der Waals surface area contributed by atoms with Gasteiger partial charge in [0.1, 0.15) is 5.56 Å². The highest BCUT2D eigenvalue weighted by atomic mass is 79.9. The molecule has 1 aliphatic rings. The monoisotopic (exact) mass is 442 g/mol. The Morgan fingerprint density at radius 1 is 1.24 bits per heavy atom. The van der Waals surface area contributed by atoms with E-state index in [1.54, 1.807) is 18.2 Å². The number of benzene rings is 1. The molecular formula is C18H17BrCl2N2O2. The molecule has 0 saturated carbocycles. The first kappa shape index (κ1) is 18.5. The molecule has 1 aliphatic heterocycles. The van der Waals surface area contributed by atoms with Crippen LogP contribution in [0.25, 0.3) is 0 Å². The third-order valence-electron chi connectivity index (χ3n) is 4.49. The van der Waals surface area contributed by atoms with Crippen molar-refractivity contribution in [3.05, 3.63) is 59.9 Å². The summed E-state index contributed by atoms with van der Waals surface area (Å²) in [6, 6.07) is 5.00. The molecule has 1 aromatic carbocycles. The molecule has 0 aliphatic carbocycles. The summed E-state index contributed by atoms with van der Waals surface area (Å²) in [6.45, 7) is 2.70. The summed E-state index contributed by atoms with van der Waals surface area (Å²) in [7, 11) is 0. The molecule has 1 N–H and O–H groups in total. The minimum absolute atomic E-state index is 0.176. The summed E-state index contributed by atoms with van der Waals surface area (Å²) in [5.74, 6) is -0.458. The quantitative estimate of drug-likeness (QED) is 0.692. The van der Waals surface area contributed by atoms with Crippen LogP contribution in [0.1, 0.15) is 41.0 Å². The number of anilines is 1. The molecule has 4 nitrogen and oxygen atoms in total. The molecule has 132 valence electrons. The van der Waals surface area contributed by atoms with Crippen molar-refractivity contribution in [2.75, 3.05) is 5.32 Å². The van der Waals surface area contributed by atoms with Crippen LogP contribution in [0.3, 0.4) is 0 Å². The molecule has 0 atom stereocenters. The fourth-order valence-electron chi connectivity index (χ4n) is 3.18. The van der Waals surface area contributed by atoms with Crippen LogP contribution in [0.15, 0.2) is 27.5 Å². The number of aromatic nitrogens is 1. The summed E-state index contributed by atoms with van der Waals surface area (Å²) < 4.78 is 2.51. The first-order valence-corrected chi connectivity index (χ1v) is 9.64. The highest BCUT2D eigenvalue weighted by molar-refractivity contribution is 9.10. The van der Waals surface area contributed by atoms with Crippen LogP contribution < -0.4 is 10.7 Å². The standard InChI is InChI=1S/C18H17BrCl2N2O2/c1-10-15(19)17(24)14(13-8-3-2-4-9-23(10)13)18(25)22-12-7-5-6-11(20)16(12)21/h5-7H,2-4,8-9H2,1H3,(H,22,25). The number of nitrogens with one attached hydrogen (secondary N) is 1. The Kier molecular flexibility index (Phi) is 5.56. The van der Waals surface area contributed by atoms with E-state index in [4.69, 9.17) is 23.2 Å². The van der Waals surface area contributed by atoms with Crippen LogP contribution in [0, 0.1) is 6.92 Å². The predicted octanol–water partition coefficient (Wildman–Crippen LogP) is 5.20. The van der Waals surface area contributed by atoms with Crippen molar-refractivity contribution >= 4 is 50.7 Å². The smallest absolute Gasteiger partial charge is 0.261 e.